The molecule has 1 atom stereocenters. The lowest BCUT2D eigenvalue weighted by atomic mass is 10.1. The molecule has 0 saturated heterocycles. The summed E-state index contributed by atoms with van der Waals surface area (Å²) in [4.78, 5) is 2.01. The molecule has 102 valence electrons. The molecule has 1 aromatic heterocycles. The Kier molecular flexibility index (Phi) is 4.16. The fourth-order valence-electron chi connectivity index (χ4n) is 1.91. The first kappa shape index (κ1) is 13.8. The van der Waals surface area contributed by atoms with Crippen LogP contribution in [0.3, 0.4) is 0 Å². The van der Waals surface area contributed by atoms with Crippen LogP contribution in [0.5, 0.6) is 5.75 Å². The smallest absolute Gasteiger partial charge is 0.163 e. The van der Waals surface area contributed by atoms with Gasteiger partial charge < -0.3 is 10.0 Å². The van der Waals surface area contributed by atoms with Gasteiger partial charge in [-0.3, -0.25) is 0 Å². The monoisotopic (exact) mass is 268 g/mol. The van der Waals surface area contributed by atoms with Gasteiger partial charge in [-0.05, 0) is 43.2 Å². The van der Waals surface area contributed by atoms with Crippen LogP contribution in [0.15, 0.2) is 36.4 Å². The molecule has 0 aliphatic heterocycles. The number of nitriles is 1. The highest BCUT2D eigenvalue weighted by molar-refractivity contribution is 5.39. The summed E-state index contributed by atoms with van der Waals surface area (Å²) in [5.74, 6) is 1.00. The van der Waals surface area contributed by atoms with Gasteiger partial charge in [0.05, 0.1) is 0 Å². The second-order valence-corrected chi connectivity index (χ2v) is 4.72. The highest BCUT2D eigenvalue weighted by Crippen LogP contribution is 2.16. The average molecular weight is 268 g/mol. The number of hydrogen-bond acceptors (Lipinski definition) is 5. The van der Waals surface area contributed by atoms with Crippen LogP contribution in [0.1, 0.15) is 18.2 Å². The summed E-state index contributed by atoms with van der Waals surface area (Å²) < 4.78 is 0. The third kappa shape index (κ3) is 3.23. The number of likely N-dealkylation sites (N-methyl/N-ethyl adjacent to an activating group) is 1. The summed E-state index contributed by atoms with van der Waals surface area (Å²) >= 11 is 0. The van der Waals surface area contributed by atoms with Gasteiger partial charge in [-0.15, -0.1) is 10.2 Å². The van der Waals surface area contributed by atoms with Crippen molar-refractivity contribution in [3.05, 3.63) is 47.7 Å². The summed E-state index contributed by atoms with van der Waals surface area (Å²) in [7, 11) is 1.95. The minimum Gasteiger partial charge on any atom is -0.508 e. The van der Waals surface area contributed by atoms with Crippen molar-refractivity contribution in [2.24, 2.45) is 0 Å². The van der Waals surface area contributed by atoms with Crippen LogP contribution in [-0.4, -0.2) is 28.4 Å². The molecule has 1 N–H and O–H groups in total. The van der Waals surface area contributed by atoms with Crippen molar-refractivity contribution in [3.63, 3.8) is 0 Å². The van der Waals surface area contributed by atoms with Crippen molar-refractivity contribution in [3.8, 4) is 11.8 Å². The van der Waals surface area contributed by atoms with E-state index in [9.17, 15) is 5.11 Å². The van der Waals surface area contributed by atoms with Crippen molar-refractivity contribution in [1.82, 2.24) is 10.2 Å². The fourth-order valence-corrected chi connectivity index (χ4v) is 1.91. The molecule has 0 amide bonds. The van der Waals surface area contributed by atoms with E-state index in [1.807, 2.05) is 30.1 Å². The first-order chi connectivity index (χ1) is 9.60. The second kappa shape index (κ2) is 6.02. The summed E-state index contributed by atoms with van der Waals surface area (Å²) in [6, 6.07) is 12.8. The maximum Gasteiger partial charge on any atom is 0.163 e. The van der Waals surface area contributed by atoms with Crippen LogP contribution >= 0.6 is 0 Å². The van der Waals surface area contributed by atoms with Gasteiger partial charge in [-0.25, -0.2) is 0 Å². The molecule has 0 aliphatic rings. The highest BCUT2D eigenvalue weighted by atomic mass is 16.3. The lowest BCUT2D eigenvalue weighted by Gasteiger charge is -2.25. The molecular formula is C15H16N4O. The predicted molar refractivity (Wildman–Crippen MR) is 76.4 cm³/mol. The van der Waals surface area contributed by atoms with Gasteiger partial charge in [0.2, 0.25) is 0 Å². The number of phenolic OH excluding ortho intramolecular Hbond substituents is 1. The number of nitrogens with zero attached hydrogens (tertiary/aromatic N) is 4. The lowest BCUT2D eigenvalue weighted by molar-refractivity contribution is 0.475. The number of aromatic nitrogens is 2. The Bertz CT molecular complexity index is 601. The Morgan fingerprint density at radius 2 is 1.90 bits per heavy atom. The zero-order valence-corrected chi connectivity index (χ0v) is 11.5. The van der Waals surface area contributed by atoms with Gasteiger partial charge in [0.25, 0.3) is 0 Å². The van der Waals surface area contributed by atoms with E-state index in [0.29, 0.717) is 5.69 Å². The molecule has 0 spiro atoms. The lowest BCUT2D eigenvalue weighted by Crippen LogP contribution is -2.31. The Morgan fingerprint density at radius 3 is 2.45 bits per heavy atom. The molecule has 1 heterocycles. The molecule has 0 aliphatic carbocycles. The quantitative estimate of drug-likeness (QED) is 0.919. The van der Waals surface area contributed by atoms with Gasteiger partial charge in [0.1, 0.15) is 11.8 Å². The van der Waals surface area contributed by atoms with Gasteiger partial charge in [-0.1, -0.05) is 12.1 Å². The number of phenols is 1. The molecule has 0 radical (unpaired) electrons. The van der Waals surface area contributed by atoms with Gasteiger partial charge in [0, 0.05) is 13.1 Å². The molecule has 0 bridgehead atoms. The van der Waals surface area contributed by atoms with Crippen molar-refractivity contribution >= 4 is 5.82 Å². The number of benzene rings is 1. The third-order valence-corrected chi connectivity index (χ3v) is 3.25. The van der Waals surface area contributed by atoms with Crippen LogP contribution in [0.25, 0.3) is 0 Å². The number of hydrogen-bond donors (Lipinski definition) is 1. The van der Waals surface area contributed by atoms with E-state index in [4.69, 9.17) is 5.26 Å². The fraction of sp³-hybridized carbons (Fsp3) is 0.267. The van der Waals surface area contributed by atoms with Gasteiger partial charge >= 0.3 is 0 Å². The van der Waals surface area contributed by atoms with Crippen LogP contribution in [-0.2, 0) is 6.42 Å². The molecule has 2 rings (SSSR count). The van der Waals surface area contributed by atoms with Gasteiger partial charge in [-0.2, -0.15) is 5.26 Å². The van der Waals surface area contributed by atoms with Crippen molar-refractivity contribution in [1.29, 1.82) is 5.26 Å². The zero-order chi connectivity index (χ0) is 14.5. The molecule has 1 unspecified atom stereocenters. The molecular weight excluding hydrogens is 252 g/mol. The van der Waals surface area contributed by atoms with E-state index in [2.05, 4.69) is 17.1 Å². The van der Waals surface area contributed by atoms with Crippen LogP contribution in [0, 0.1) is 11.3 Å². The first-order valence-electron chi connectivity index (χ1n) is 6.34. The van der Waals surface area contributed by atoms with Crippen molar-refractivity contribution in [2.75, 3.05) is 11.9 Å². The van der Waals surface area contributed by atoms with Gasteiger partial charge in [0.15, 0.2) is 11.5 Å². The minimum atomic E-state index is 0.224. The number of anilines is 1. The Labute approximate surface area is 118 Å². The number of aromatic hydroxyl groups is 1. The second-order valence-electron chi connectivity index (χ2n) is 4.72. The maximum atomic E-state index is 9.27. The maximum absolute atomic E-state index is 9.27. The van der Waals surface area contributed by atoms with E-state index in [0.717, 1.165) is 17.8 Å². The van der Waals surface area contributed by atoms with Crippen LogP contribution in [0.4, 0.5) is 5.82 Å². The normalized spacial score (nSPS) is 11.7. The molecule has 0 saturated carbocycles. The first-order valence-corrected chi connectivity index (χ1v) is 6.34. The van der Waals surface area contributed by atoms with Crippen LogP contribution < -0.4 is 4.90 Å². The SMILES string of the molecule is CC(Cc1ccc(O)cc1)N(C)c1ccc(C#N)nn1. The predicted octanol–water partition coefficient (Wildman–Crippen LogP) is 2.12. The summed E-state index contributed by atoms with van der Waals surface area (Å²) in [5.41, 5.74) is 1.46. The van der Waals surface area contributed by atoms with Crippen molar-refractivity contribution < 1.29 is 5.11 Å². The Morgan fingerprint density at radius 1 is 1.20 bits per heavy atom. The highest BCUT2D eigenvalue weighted by Gasteiger charge is 2.12. The Balaban J connectivity index is 2.05. The molecule has 0 fully saturated rings. The molecule has 1 aromatic carbocycles. The van der Waals surface area contributed by atoms with E-state index in [1.54, 1.807) is 24.3 Å². The zero-order valence-electron chi connectivity index (χ0n) is 11.5. The molecule has 5 nitrogen and oxygen atoms in total. The standard InChI is InChI=1S/C15H16N4O/c1-11(9-12-3-6-14(20)7-4-12)19(2)15-8-5-13(10-16)17-18-15/h3-8,11,20H,9H2,1-2H3. The minimum absolute atomic E-state index is 0.224. The average Bonchev–Trinajstić information content (AvgIpc) is 2.49. The van der Waals surface area contributed by atoms with Crippen molar-refractivity contribution in [2.45, 2.75) is 19.4 Å². The third-order valence-electron chi connectivity index (χ3n) is 3.25. The van der Waals surface area contributed by atoms with E-state index >= 15 is 0 Å². The topological polar surface area (TPSA) is 73.0 Å². The molecule has 5 heteroatoms. The largest absolute Gasteiger partial charge is 0.508 e. The van der Waals surface area contributed by atoms with E-state index in [1.165, 1.54) is 0 Å². The summed E-state index contributed by atoms with van der Waals surface area (Å²) in [6.45, 7) is 2.09. The van der Waals surface area contributed by atoms with E-state index < -0.39 is 0 Å². The molecule has 20 heavy (non-hydrogen) atoms. The summed E-state index contributed by atoms with van der Waals surface area (Å²) in [5, 5.41) is 25.9. The molecule has 2 aromatic rings. The summed E-state index contributed by atoms with van der Waals surface area (Å²) in [6.07, 6.45) is 0.832. The van der Waals surface area contributed by atoms with Crippen LogP contribution in [0.2, 0.25) is 0 Å². The number of rotatable bonds is 4. The van der Waals surface area contributed by atoms with E-state index in [-0.39, 0.29) is 11.8 Å². The Hall–Kier alpha value is -2.61.